The van der Waals surface area contributed by atoms with Gasteiger partial charge < -0.3 is 5.73 Å². The molecular formula is C20H27F2N5. The predicted octanol–water partition coefficient (Wildman–Crippen LogP) is 4.81. The quantitative estimate of drug-likeness (QED) is 0.711. The largest absolute Gasteiger partial charge is 0.326 e. The van der Waals surface area contributed by atoms with E-state index in [0.717, 1.165) is 18.0 Å². The second kappa shape index (κ2) is 8.52. The zero-order chi connectivity index (χ0) is 20.2. The van der Waals surface area contributed by atoms with Gasteiger partial charge in [0.1, 0.15) is 5.69 Å². The Morgan fingerprint density at radius 1 is 1.15 bits per heavy atom. The van der Waals surface area contributed by atoms with E-state index in [4.69, 9.17) is 5.73 Å². The van der Waals surface area contributed by atoms with Gasteiger partial charge in [0.2, 0.25) is 0 Å². The molecule has 3 rings (SSSR count). The van der Waals surface area contributed by atoms with Crippen molar-refractivity contribution in [1.82, 2.24) is 19.6 Å². The molecule has 0 aliphatic heterocycles. The van der Waals surface area contributed by atoms with Crippen molar-refractivity contribution in [2.45, 2.75) is 53.0 Å². The van der Waals surface area contributed by atoms with Gasteiger partial charge in [-0.1, -0.05) is 19.9 Å². The number of nitrogens with two attached hydrogens (primary N) is 1. The van der Waals surface area contributed by atoms with Crippen molar-refractivity contribution in [2.75, 3.05) is 0 Å². The van der Waals surface area contributed by atoms with Gasteiger partial charge in [0.15, 0.2) is 5.65 Å². The van der Waals surface area contributed by atoms with Crippen LogP contribution in [0.15, 0.2) is 36.7 Å². The molecule has 0 atom stereocenters. The molecule has 0 bridgehead atoms. The molecule has 7 heteroatoms. The standard InChI is InChI=1S/C13H10F2N4.C7H17N/c1-8-7-19-13(17-8)9(5-6-16-19)10-3-2-4-11(18-10)12(14)15;1-6(2)5-7(3,4)8/h2-7,12H,1H3;6H,5,8H2,1-4H3. The highest BCUT2D eigenvalue weighted by atomic mass is 19.3. The molecule has 0 fully saturated rings. The number of alkyl halides is 2. The van der Waals surface area contributed by atoms with Crippen molar-refractivity contribution < 1.29 is 8.78 Å². The van der Waals surface area contributed by atoms with E-state index < -0.39 is 6.43 Å². The first-order valence-corrected chi connectivity index (χ1v) is 8.92. The first-order chi connectivity index (χ1) is 12.6. The summed E-state index contributed by atoms with van der Waals surface area (Å²) in [5.74, 6) is 0.718. The summed E-state index contributed by atoms with van der Waals surface area (Å²) < 4.78 is 27.0. The van der Waals surface area contributed by atoms with E-state index in [1.807, 2.05) is 6.92 Å². The smallest absolute Gasteiger partial charge is 0.280 e. The lowest BCUT2D eigenvalue weighted by atomic mass is 9.94. The predicted molar refractivity (Wildman–Crippen MR) is 104 cm³/mol. The first-order valence-electron chi connectivity index (χ1n) is 8.92. The van der Waals surface area contributed by atoms with Gasteiger partial charge in [0.05, 0.1) is 17.6 Å². The fraction of sp³-hybridized carbons (Fsp3) is 0.450. The number of hydrogen-bond donors (Lipinski definition) is 1. The Balaban J connectivity index is 0.000000279. The number of nitrogens with zero attached hydrogens (tertiary/aromatic N) is 4. The van der Waals surface area contributed by atoms with E-state index in [1.54, 1.807) is 35.1 Å². The summed E-state index contributed by atoms with van der Waals surface area (Å²) >= 11 is 0. The molecule has 27 heavy (non-hydrogen) atoms. The second-order valence-corrected chi connectivity index (χ2v) is 7.73. The number of rotatable bonds is 4. The van der Waals surface area contributed by atoms with Gasteiger partial charge in [0, 0.05) is 17.3 Å². The van der Waals surface area contributed by atoms with Crippen molar-refractivity contribution >= 4 is 5.65 Å². The third kappa shape index (κ3) is 6.06. The molecule has 0 aliphatic rings. The molecular weight excluding hydrogens is 348 g/mol. The molecule has 3 heterocycles. The van der Waals surface area contributed by atoms with Crippen molar-refractivity contribution in [3.05, 3.63) is 48.0 Å². The number of halogens is 2. The van der Waals surface area contributed by atoms with E-state index in [9.17, 15) is 8.78 Å². The summed E-state index contributed by atoms with van der Waals surface area (Å²) in [4.78, 5) is 8.31. The Bertz CT molecular complexity index is 881. The van der Waals surface area contributed by atoms with Gasteiger partial charge >= 0.3 is 0 Å². The molecule has 0 spiro atoms. The monoisotopic (exact) mass is 375 g/mol. The van der Waals surface area contributed by atoms with Gasteiger partial charge in [-0.05, 0) is 51.3 Å². The van der Waals surface area contributed by atoms with Crippen LogP contribution in [0, 0.1) is 12.8 Å². The molecule has 0 aliphatic carbocycles. The lowest BCUT2D eigenvalue weighted by Crippen LogP contribution is -2.33. The minimum Gasteiger partial charge on any atom is -0.326 e. The van der Waals surface area contributed by atoms with E-state index in [2.05, 4.69) is 42.8 Å². The Morgan fingerprint density at radius 3 is 2.41 bits per heavy atom. The molecule has 0 amide bonds. The average molecular weight is 375 g/mol. The van der Waals surface area contributed by atoms with Crippen molar-refractivity contribution in [3.63, 3.8) is 0 Å². The van der Waals surface area contributed by atoms with Crippen LogP contribution in [0.25, 0.3) is 16.9 Å². The second-order valence-electron chi connectivity index (χ2n) is 7.73. The van der Waals surface area contributed by atoms with Crippen LogP contribution in [-0.4, -0.2) is 25.1 Å². The molecule has 0 radical (unpaired) electrons. The summed E-state index contributed by atoms with van der Waals surface area (Å²) in [6.45, 7) is 10.4. The highest BCUT2D eigenvalue weighted by Gasteiger charge is 2.13. The average Bonchev–Trinajstić information content (AvgIpc) is 2.93. The zero-order valence-electron chi connectivity index (χ0n) is 16.4. The molecule has 0 aromatic carbocycles. The molecule has 0 unspecified atom stereocenters. The number of imidazole rings is 1. The van der Waals surface area contributed by atoms with Crippen LogP contribution in [0.1, 0.15) is 51.9 Å². The van der Waals surface area contributed by atoms with Crippen LogP contribution in [0.5, 0.6) is 0 Å². The van der Waals surface area contributed by atoms with E-state index in [1.165, 1.54) is 6.07 Å². The highest BCUT2D eigenvalue weighted by molar-refractivity contribution is 5.74. The molecule has 2 N–H and O–H groups in total. The molecule has 3 aromatic rings. The van der Waals surface area contributed by atoms with Gasteiger partial charge in [-0.3, -0.25) is 0 Å². The maximum atomic E-state index is 12.7. The van der Waals surface area contributed by atoms with E-state index in [-0.39, 0.29) is 11.2 Å². The topological polar surface area (TPSA) is 69.1 Å². The number of hydrogen-bond acceptors (Lipinski definition) is 4. The normalized spacial score (nSPS) is 11.8. The highest BCUT2D eigenvalue weighted by Crippen LogP contribution is 2.24. The molecule has 0 saturated heterocycles. The fourth-order valence-electron chi connectivity index (χ4n) is 2.99. The van der Waals surface area contributed by atoms with Crippen LogP contribution in [-0.2, 0) is 0 Å². The first kappa shape index (κ1) is 20.9. The molecule has 146 valence electrons. The lowest BCUT2D eigenvalue weighted by Gasteiger charge is -2.20. The van der Waals surface area contributed by atoms with Crippen molar-refractivity contribution in [3.8, 4) is 11.3 Å². The maximum Gasteiger partial charge on any atom is 0.280 e. The fourth-order valence-corrected chi connectivity index (χ4v) is 2.99. The number of pyridine rings is 1. The lowest BCUT2D eigenvalue weighted by molar-refractivity contribution is 0.146. The third-order valence-corrected chi connectivity index (χ3v) is 3.69. The Morgan fingerprint density at radius 2 is 1.85 bits per heavy atom. The summed E-state index contributed by atoms with van der Waals surface area (Å²) in [6, 6.07) is 6.28. The van der Waals surface area contributed by atoms with Gasteiger partial charge in [-0.15, -0.1) is 0 Å². The number of aryl methyl sites for hydroxylation is 1. The Kier molecular flexibility index (Phi) is 6.59. The zero-order valence-corrected chi connectivity index (χ0v) is 16.4. The summed E-state index contributed by atoms with van der Waals surface area (Å²) in [7, 11) is 0. The SMILES string of the molecule is CC(C)CC(C)(C)N.Cc1cn2nccc(-c3cccc(C(F)F)n3)c2n1. The van der Waals surface area contributed by atoms with Crippen LogP contribution in [0.4, 0.5) is 8.78 Å². The van der Waals surface area contributed by atoms with E-state index >= 15 is 0 Å². The van der Waals surface area contributed by atoms with Crippen molar-refractivity contribution in [1.29, 1.82) is 0 Å². The summed E-state index contributed by atoms with van der Waals surface area (Å²) in [5, 5.41) is 4.12. The minimum absolute atomic E-state index is 0.0220. The van der Waals surface area contributed by atoms with Crippen LogP contribution in [0.3, 0.4) is 0 Å². The van der Waals surface area contributed by atoms with Gasteiger partial charge in [0.25, 0.3) is 6.43 Å². The van der Waals surface area contributed by atoms with Crippen LogP contribution < -0.4 is 5.73 Å². The minimum atomic E-state index is -2.58. The Labute approximate surface area is 158 Å². The Hall–Kier alpha value is -2.41. The molecule has 0 saturated carbocycles. The molecule has 3 aromatic heterocycles. The number of fused-ring (bicyclic) bond motifs is 1. The van der Waals surface area contributed by atoms with Gasteiger partial charge in [-0.25, -0.2) is 23.3 Å². The van der Waals surface area contributed by atoms with Crippen LogP contribution in [0.2, 0.25) is 0 Å². The number of aromatic nitrogens is 4. The summed E-state index contributed by atoms with van der Waals surface area (Å²) in [5.41, 5.74) is 8.09. The molecule has 5 nitrogen and oxygen atoms in total. The maximum absolute atomic E-state index is 12.7. The van der Waals surface area contributed by atoms with Crippen LogP contribution >= 0.6 is 0 Å². The van der Waals surface area contributed by atoms with Gasteiger partial charge in [-0.2, -0.15) is 5.10 Å². The van der Waals surface area contributed by atoms with Crippen molar-refractivity contribution in [2.24, 2.45) is 11.7 Å². The summed E-state index contributed by atoms with van der Waals surface area (Å²) in [6.07, 6.45) is 1.89. The third-order valence-electron chi connectivity index (χ3n) is 3.69. The van der Waals surface area contributed by atoms with E-state index in [0.29, 0.717) is 16.9 Å².